The fourth-order valence-electron chi connectivity index (χ4n) is 5.79. The molecule has 3 N–H and O–H groups in total. The minimum Gasteiger partial charge on any atom is -0.480 e. The van der Waals surface area contributed by atoms with Crippen molar-refractivity contribution in [2.24, 2.45) is 11.3 Å². The van der Waals surface area contributed by atoms with E-state index in [1.807, 2.05) is 31.2 Å². The van der Waals surface area contributed by atoms with Crippen LogP contribution in [0.3, 0.4) is 0 Å². The molecule has 2 unspecified atom stereocenters. The largest absolute Gasteiger partial charge is 0.480 e. The van der Waals surface area contributed by atoms with E-state index in [0.717, 1.165) is 35.1 Å². The second kappa shape index (κ2) is 9.02. The van der Waals surface area contributed by atoms with Gasteiger partial charge in [-0.15, -0.1) is 0 Å². The van der Waals surface area contributed by atoms with Gasteiger partial charge in [-0.2, -0.15) is 0 Å². The first-order valence-corrected chi connectivity index (χ1v) is 12.5. The maximum absolute atomic E-state index is 13.1. The van der Waals surface area contributed by atoms with Gasteiger partial charge in [0.25, 0.3) is 0 Å². The second-order valence-electron chi connectivity index (χ2n) is 10.5. The van der Waals surface area contributed by atoms with Crippen molar-refractivity contribution < 1.29 is 24.2 Å². The Kier molecular flexibility index (Phi) is 6.03. The summed E-state index contributed by atoms with van der Waals surface area (Å²) in [5, 5.41) is 15.5. The highest BCUT2D eigenvalue weighted by molar-refractivity contribution is 5.92. The van der Waals surface area contributed by atoms with Gasteiger partial charge < -0.3 is 20.5 Å². The number of aliphatic carboxylic acids is 1. The van der Waals surface area contributed by atoms with E-state index in [4.69, 9.17) is 4.74 Å². The molecule has 5 rings (SSSR count). The van der Waals surface area contributed by atoms with E-state index in [2.05, 4.69) is 34.9 Å². The predicted octanol–water partition coefficient (Wildman–Crippen LogP) is 4.46. The lowest BCUT2D eigenvalue weighted by Gasteiger charge is -2.38. The zero-order valence-electron chi connectivity index (χ0n) is 20.0. The van der Waals surface area contributed by atoms with Gasteiger partial charge in [0.15, 0.2) is 0 Å². The van der Waals surface area contributed by atoms with Gasteiger partial charge in [-0.1, -0.05) is 68.3 Å². The number of carboxylic acids is 1. The standard InChI is InChI=1S/C28H32N2O5/c1-18-7-6-12-28(15-18,25(32)33)30-24(31)27(13-14-27)17-29-26(34)35-16-23-21-10-4-2-8-19(21)20-9-3-5-11-22(20)23/h2-5,8-11,18,23H,6-7,12-17H2,1H3,(H,29,34)(H,30,31)(H,32,33). The molecule has 0 radical (unpaired) electrons. The Bertz CT molecular complexity index is 1110. The average molecular weight is 477 g/mol. The number of hydrogen-bond acceptors (Lipinski definition) is 4. The summed E-state index contributed by atoms with van der Waals surface area (Å²) in [5.41, 5.74) is 2.63. The highest BCUT2D eigenvalue weighted by atomic mass is 16.5. The maximum Gasteiger partial charge on any atom is 0.407 e. The molecule has 0 aromatic heterocycles. The van der Waals surface area contributed by atoms with Gasteiger partial charge in [0, 0.05) is 12.5 Å². The summed E-state index contributed by atoms with van der Waals surface area (Å²) in [6.45, 7) is 2.37. The lowest BCUT2D eigenvalue weighted by molar-refractivity contribution is -0.151. The molecule has 2 aromatic carbocycles. The van der Waals surface area contributed by atoms with Gasteiger partial charge >= 0.3 is 12.1 Å². The van der Waals surface area contributed by atoms with Crippen molar-refractivity contribution in [1.29, 1.82) is 0 Å². The Hall–Kier alpha value is -3.35. The molecule has 7 heteroatoms. The minimum absolute atomic E-state index is 0.0324. The van der Waals surface area contributed by atoms with Gasteiger partial charge in [0.1, 0.15) is 12.1 Å². The van der Waals surface area contributed by atoms with Crippen molar-refractivity contribution in [1.82, 2.24) is 10.6 Å². The summed E-state index contributed by atoms with van der Waals surface area (Å²) in [5.74, 6) is -1.05. The lowest BCUT2D eigenvalue weighted by atomic mass is 9.76. The monoisotopic (exact) mass is 476 g/mol. The second-order valence-corrected chi connectivity index (χ2v) is 10.5. The van der Waals surface area contributed by atoms with Crippen LogP contribution in [0.25, 0.3) is 11.1 Å². The van der Waals surface area contributed by atoms with Crippen molar-refractivity contribution >= 4 is 18.0 Å². The van der Waals surface area contributed by atoms with Crippen molar-refractivity contribution in [2.45, 2.75) is 56.9 Å². The molecule has 0 spiro atoms. The summed E-state index contributed by atoms with van der Waals surface area (Å²) < 4.78 is 5.59. The zero-order chi connectivity index (χ0) is 24.6. The molecule has 184 valence electrons. The number of fused-ring (bicyclic) bond motifs is 3. The molecule has 7 nitrogen and oxygen atoms in total. The molecule has 2 atom stereocenters. The number of amides is 2. The van der Waals surface area contributed by atoms with Crippen LogP contribution in [0.15, 0.2) is 48.5 Å². The van der Waals surface area contributed by atoms with Gasteiger partial charge in [0.2, 0.25) is 5.91 Å². The Labute approximate surface area is 205 Å². The number of carbonyl (C=O) groups is 3. The number of rotatable bonds is 7. The molecule has 2 fully saturated rings. The topological polar surface area (TPSA) is 105 Å². The van der Waals surface area contributed by atoms with Gasteiger partial charge in [-0.25, -0.2) is 9.59 Å². The van der Waals surface area contributed by atoms with Crippen molar-refractivity contribution in [3.8, 4) is 11.1 Å². The summed E-state index contributed by atoms with van der Waals surface area (Å²) in [4.78, 5) is 37.7. The predicted molar refractivity (Wildman–Crippen MR) is 131 cm³/mol. The van der Waals surface area contributed by atoms with Crippen LogP contribution in [0.4, 0.5) is 4.79 Å². The number of hydrogen-bond donors (Lipinski definition) is 3. The number of alkyl carbamates (subject to hydrolysis) is 1. The molecule has 0 bridgehead atoms. The third-order valence-corrected chi connectivity index (χ3v) is 8.01. The molecule has 35 heavy (non-hydrogen) atoms. The van der Waals surface area contributed by atoms with Crippen LogP contribution in [-0.4, -0.2) is 41.8 Å². The maximum atomic E-state index is 13.1. The van der Waals surface area contributed by atoms with Crippen molar-refractivity contribution in [3.63, 3.8) is 0 Å². The number of ether oxygens (including phenoxy) is 1. The molecule has 0 heterocycles. The van der Waals surface area contributed by atoms with Crippen LogP contribution in [0.5, 0.6) is 0 Å². The van der Waals surface area contributed by atoms with E-state index in [9.17, 15) is 19.5 Å². The van der Waals surface area contributed by atoms with Crippen LogP contribution in [0.2, 0.25) is 0 Å². The lowest BCUT2D eigenvalue weighted by Crippen LogP contribution is -2.59. The average Bonchev–Trinajstić information content (AvgIpc) is 3.58. The van der Waals surface area contributed by atoms with Gasteiger partial charge in [-0.3, -0.25) is 4.79 Å². The van der Waals surface area contributed by atoms with E-state index in [-0.39, 0.29) is 30.9 Å². The molecule has 3 aliphatic carbocycles. The molecule has 0 saturated heterocycles. The van der Waals surface area contributed by atoms with Crippen LogP contribution < -0.4 is 10.6 Å². The molecule has 2 saturated carbocycles. The molecule has 3 aliphatic rings. The van der Waals surface area contributed by atoms with Gasteiger partial charge in [0.05, 0.1) is 5.41 Å². The first-order valence-electron chi connectivity index (χ1n) is 12.5. The number of carboxylic acid groups (broad SMARTS) is 1. The normalized spacial score (nSPS) is 24.1. The van der Waals surface area contributed by atoms with Crippen LogP contribution in [-0.2, 0) is 14.3 Å². The Morgan fingerprint density at radius 3 is 2.20 bits per heavy atom. The Morgan fingerprint density at radius 1 is 1.00 bits per heavy atom. The quantitative estimate of drug-likeness (QED) is 0.547. The molecule has 2 aromatic rings. The Balaban J connectivity index is 1.18. The molecule has 0 aliphatic heterocycles. The number of carbonyl (C=O) groups excluding carboxylic acids is 2. The zero-order valence-corrected chi connectivity index (χ0v) is 20.0. The van der Waals surface area contributed by atoms with E-state index in [1.54, 1.807) is 0 Å². The summed E-state index contributed by atoms with van der Waals surface area (Å²) in [7, 11) is 0. The summed E-state index contributed by atoms with van der Waals surface area (Å²) in [6.07, 6.45) is 3.29. The Morgan fingerprint density at radius 2 is 1.63 bits per heavy atom. The third-order valence-electron chi connectivity index (χ3n) is 8.01. The van der Waals surface area contributed by atoms with E-state index in [0.29, 0.717) is 25.7 Å². The summed E-state index contributed by atoms with van der Waals surface area (Å²) in [6, 6.07) is 16.3. The first kappa shape index (κ1) is 23.4. The molecule has 2 amide bonds. The SMILES string of the molecule is CC1CCCC(NC(=O)C2(CNC(=O)OCC3c4ccccc4-c4ccccc43)CC2)(C(=O)O)C1. The smallest absolute Gasteiger partial charge is 0.407 e. The van der Waals surface area contributed by atoms with Crippen molar-refractivity contribution in [2.75, 3.05) is 13.2 Å². The fourth-order valence-corrected chi connectivity index (χ4v) is 5.79. The van der Waals surface area contributed by atoms with Crippen LogP contribution in [0.1, 0.15) is 62.5 Å². The fraction of sp³-hybridized carbons (Fsp3) is 0.464. The van der Waals surface area contributed by atoms with Crippen LogP contribution in [0, 0.1) is 11.3 Å². The highest BCUT2D eigenvalue weighted by Gasteiger charge is 2.54. The van der Waals surface area contributed by atoms with E-state index in [1.165, 1.54) is 0 Å². The summed E-state index contributed by atoms with van der Waals surface area (Å²) >= 11 is 0. The van der Waals surface area contributed by atoms with E-state index < -0.39 is 23.0 Å². The van der Waals surface area contributed by atoms with Gasteiger partial charge in [-0.05, 0) is 53.9 Å². The molecular weight excluding hydrogens is 444 g/mol. The first-order chi connectivity index (χ1) is 16.8. The highest BCUT2D eigenvalue weighted by Crippen LogP contribution is 2.47. The number of nitrogens with one attached hydrogen (secondary N) is 2. The third kappa shape index (κ3) is 4.40. The van der Waals surface area contributed by atoms with E-state index >= 15 is 0 Å². The molecular formula is C28H32N2O5. The minimum atomic E-state index is -1.21. The number of benzene rings is 2. The van der Waals surface area contributed by atoms with Crippen molar-refractivity contribution in [3.05, 3.63) is 59.7 Å². The van der Waals surface area contributed by atoms with Crippen LogP contribution >= 0.6 is 0 Å².